The maximum atomic E-state index is 12.9. The van der Waals surface area contributed by atoms with Gasteiger partial charge < -0.3 is 9.84 Å². The van der Waals surface area contributed by atoms with E-state index in [9.17, 15) is 13.2 Å². The number of sulfonamides is 1. The minimum atomic E-state index is -3.56. The highest BCUT2D eigenvalue weighted by atomic mass is 32.2. The minimum absolute atomic E-state index is 0.185. The number of rotatable bonds is 5. The van der Waals surface area contributed by atoms with E-state index in [-0.39, 0.29) is 10.8 Å². The molecule has 2 heterocycles. The number of carbonyl (C=O) groups excluding carboxylic acids is 1. The van der Waals surface area contributed by atoms with Crippen LogP contribution in [0.5, 0.6) is 0 Å². The second-order valence-corrected chi connectivity index (χ2v) is 9.11. The maximum Gasteiger partial charge on any atom is 0.257 e. The molecule has 0 atom stereocenters. The maximum absolute atomic E-state index is 12.9. The van der Waals surface area contributed by atoms with Gasteiger partial charge in [-0.05, 0) is 62.2 Å². The van der Waals surface area contributed by atoms with Gasteiger partial charge in [0.05, 0.1) is 4.90 Å². The molecule has 3 aromatic rings. The number of anilines is 1. The summed E-state index contributed by atoms with van der Waals surface area (Å²) in [5.41, 5.74) is 1.57. The van der Waals surface area contributed by atoms with Gasteiger partial charge in [0.2, 0.25) is 10.0 Å². The lowest BCUT2D eigenvalue weighted by molar-refractivity contribution is 0.102. The SMILES string of the molecule is Cc1noc(-c2ccc(C(=O)Nc3cccc(S(=O)(=O)N4CCCCC4)c3)cc2)n1. The topological polar surface area (TPSA) is 105 Å². The van der Waals surface area contributed by atoms with Crippen molar-refractivity contribution in [2.45, 2.75) is 31.1 Å². The summed E-state index contributed by atoms with van der Waals surface area (Å²) in [6.07, 6.45) is 2.79. The van der Waals surface area contributed by atoms with Gasteiger partial charge in [-0.25, -0.2) is 8.42 Å². The van der Waals surface area contributed by atoms with E-state index in [0.717, 1.165) is 19.3 Å². The Hall–Kier alpha value is -3.04. The van der Waals surface area contributed by atoms with Gasteiger partial charge in [-0.3, -0.25) is 4.79 Å². The molecule has 1 aromatic heterocycles. The molecule has 0 saturated carbocycles. The Labute approximate surface area is 175 Å². The van der Waals surface area contributed by atoms with Gasteiger partial charge in [0.15, 0.2) is 5.82 Å². The van der Waals surface area contributed by atoms with Crippen LogP contribution in [0.25, 0.3) is 11.5 Å². The van der Waals surface area contributed by atoms with Crippen LogP contribution < -0.4 is 5.32 Å². The molecule has 1 aliphatic rings. The van der Waals surface area contributed by atoms with Gasteiger partial charge in [-0.2, -0.15) is 9.29 Å². The summed E-state index contributed by atoms with van der Waals surface area (Å²) in [5, 5.41) is 6.51. The first-order valence-electron chi connectivity index (χ1n) is 9.76. The van der Waals surface area contributed by atoms with E-state index in [2.05, 4.69) is 15.5 Å². The molecule has 9 heteroatoms. The van der Waals surface area contributed by atoms with E-state index in [1.165, 1.54) is 10.4 Å². The molecule has 8 nitrogen and oxygen atoms in total. The van der Waals surface area contributed by atoms with Crippen LogP contribution in [-0.2, 0) is 10.0 Å². The Morgan fingerprint density at radius 1 is 1.07 bits per heavy atom. The minimum Gasteiger partial charge on any atom is -0.334 e. The van der Waals surface area contributed by atoms with Crippen molar-refractivity contribution in [1.29, 1.82) is 0 Å². The summed E-state index contributed by atoms with van der Waals surface area (Å²) < 4.78 is 32.4. The van der Waals surface area contributed by atoms with Gasteiger partial charge in [-0.1, -0.05) is 17.6 Å². The Bertz CT molecular complexity index is 1150. The van der Waals surface area contributed by atoms with Crippen LogP contribution >= 0.6 is 0 Å². The molecule has 0 bridgehead atoms. The van der Waals surface area contributed by atoms with E-state index in [1.54, 1.807) is 49.4 Å². The number of amides is 1. The number of hydrogen-bond donors (Lipinski definition) is 1. The quantitative estimate of drug-likeness (QED) is 0.670. The highest BCUT2D eigenvalue weighted by molar-refractivity contribution is 7.89. The molecule has 1 aliphatic heterocycles. The van der Waals surface area contributed by atoms with Crippen molar-refractivity contribution >= 4 is 21.6 Å². The number of aryl methyl sites for hydroxylation is 1. The third-order valence-corrected chi connectivity index (χ3v) is 6.86. The molecule has 1 N–H and O–H groups in total. The van der Waals surface area contributed by atoms with Crippen molar-refractivity contribution < 1.29 is 17.7 Å². The predicted molar refractivity (Wildman–Crippen MR) is 111 cm³/mol. The highest BCUT2D eigenvalue weighted by Gasteiger charge is 2.26. The summed E-state index contributed by atoms with van der Waals surface area (Å²) >= 11 is 0. The molecule has 0 aliphatic carbocycles. The molecule has 1 amide bonds. The fourth-order valence-electron chi connectivity index (χ4n) is 3.37. The van der Waals surface area contributed by atoms with E-state index >= 15 is 0 Å². The molecule has 156 valence electrons. The van der Waals surface area contributed by atoms with Crippen LogP contribution in [-0.4, -0.2) is 41.9 Å². The molecular formula is C21H22N4O4S. The average Bonchev–Trinajstić information content (AvgIpc) is 3.21. The van der Waals surface area contributed by atoms with Crippen molar-refractivity contribution in [3.8, 4) is 11.5 Å². The van der Waals surface area contributed by atoms with Crippen LogP contribution in [0, 0.1) is 6.92 Å². The molecule has 4 rings (SSSR count). The van der Waals surface area contributed by atoms with Crippen molar-refractivity contribution in [1.82, 2.24) is 14.4 Å². The van der Waals surface area contributed by atoms with Crippen molar-refractivity contribution in [2.75, 3.05) is 18.4 Å². The van der Waals surface area contributed by atoms with Gasteiger partial charge in [-0.15, -0.1) is 0 Å². The average molecular weight is 426 g/mol. The summed E-state index contributed by atoms with van der Waals surface area (Å²) in [6, 6.07) is 13.1. The number of nitrogens with zero attached hydrogens (tertiary/aromatic N) is 3. The second kappa shape index (κ2) is 8.37. The first-order chi connectivity index (χ1) is 14.4. The fourth-order valence-corrected chi connectivity index (χ4v) is 4.93. The number of aromatic nitrogens is 2. The Morgan fingerprint density at radius 2 is 1.80 bits per heavy atom. The summed E-state index contributed by atoms with van der Waals surface area (Å²) in [6.45, 7) is 2.80. The lowest BCUT2D eigenvalue weighted by Gasteiger charge is -2.26. The van der Waals surface area contributed by atoms with Crippen LogP contribution in [0.4, 0.5) is 5.69 Å². The number of carbonyl (C=O) groups is 1. The Kier molecular flexibility index (Phi) is 5.65. The normalized spacial score (nSPS) is 15.1. The highest BCUT2D eigenvalue weighted by Crippen LogP contribution is 2.23. The van der Waals surface area contributed by atoms with E-state index in [1.807, 2.05) is 0 Å². The van der Waals surface area contributed by atoms with Crippen molar-refractivity contribution in [2.24, 2.45) is 0 Å². The zero-order chi connectivity index (χ0) is 21.1. The summed E-state index contributed by atoms with van der Waals surface area (Å²) in [7, 11) is -3.56. The molecular weight excluding hydrogens is 404 g/mol. The number of piperidine rings is 1. The van der Waals surface area contributed by atoms with Gasteiger partial charge in [0, 0.05) is 29.9 Å². The fraction of sp³-hybridized carbons (Fsp3) is 0.286. The zero-order valence-corrected chi connectivity index (χ0v) is 17.4. The first-order valence-corrected chi connectivity index (χ1v) is 11.2. The molecule has 0 spiro atoms. The smallest absolute Gasteiger partial charge is 0.257 e. The van der Waals surface area contributed by atoms with E-state index < -0.39 is 10.0 Å². The van der Waals surface area contributed by atoms with Crippen LogP contribution in [0.3, 0.4) is 0 Å². The van der Waals surface area contributed by atoms with E-state index in [4.69, 9.17) is 4.52 Å². The molecule has 30 heavy (non-hydrogen) atoms. The molecule has 2 aromatic carbocycles. The lowest BCUT2D eigenvalue weighted by atomic mass is 10.1. The van der Waals surface area contributed by atoms with Gasteiger partial charge in [0.1, 0.15) is 0 Å². The largest absolute Gasteiger partial charge is 0.334 e. The van der Waals surface area contributed by atoms with Crippen LogP contribution in [0.1, 0.15) is 35.4 Å². The number of nitrogens with one attached hydrogen (secondary N) is 1. The molecule has 1 saturated heterocycles. The zero-order valence-electron chi connectivity index (χ0n) is 16.5. The molecule has 1 fully saturated rings. The van der Waals surface area contributed by atoms with Crippen molar-refractivity contribution in [3.63, 3.8) is 0 Å². The predicted octanol–water partition coefficient (Wildman–Crippen LogP) is 3.47. The standard InChI is InChI=1S/C21H22N4O4S/c1-15-22-21(29-24-15)17-10-8-16(9-11-17)20(26)23-18-6-5-7-19(14-18)30(27,28)25-12-3-2-4-13-25/h5-11,14H,2-4,12-13H2,1H3,(H,23,26). The molecule has 0 unspecified atom stereocenters. The summed E-state index contributed by atoms with van der Waals surface area (Å²) in [5.74, 6) is 0.581. The Balaban J connectivity index is 1.49. The monoisotopic (exact) mass is 426 g/mol. The third-order valence-electron chi connectivity index (χ3n) is 4.97. The number of hydrogen-bond acceptors (Lipinski definition) is 6. The van der Waals surface area contributed by atoms with Crippen molar-refractivity contribution in [3.05, 3.63) is 59.9 Å². The van der Waals surface area contributed by atoms with Crippen LogP contribution in [0.2, 0.25) is 0 Å². The summed E-state index contributed by atoms with van der Waals surface area (Å²) in [4.78, 5) is 16.9. The molecule has 0 radical (unpaired) electrons. The van der Waals surface area contributed by atoms with Crippen LogP contribution in [0.15, 0.2) is 57.9 Å². The Morgan fingerprint density at radius 3 is 2.47 bits per heavy atom. The van der Waals surface area contributed by atoms with Gasteiger partial charge >= 0.3 is 0 Å². The van der Waals surface area contributed by atoms with E-state index in [0.29, 0.717) is 41.6 Å². The lowest BCUT2D eigenvalue weighted by Crippen LogP contribution is -2.35. The third kappa shape index (κ3) is 4.27. The first kappa shape index (κ1) is 20.2. The second-order valence-electron chi connectivity index (χ2n) is 7.17. The number of benzene rings is 2. The van der Waals surface area contributed by atoms with Gasteiger partial charge in [0.25, 0.3) is 11.8 Å².